The molecule has 84 valence electrons. The molecule has 0 aromatic rings. The fraction of sp³-hybridized carbons (Fsp3) is 0.727. The van der Waals surface area contributed by atoms with E-state index in [1.54, 1.807) is 0 Å². The van der Waals surface area contributed by atoms with Crippen molar-refractivity contribution in [3.63, 3.8) is 0 Å². The second-order valence-electron chi connectivity index (χ2n) is 4.38. The maximum Gasteiger partial charge on any atom is 0.240 e. The highest BCUT2D eigenvalue weighted by Gasteiger charge is 2.36. The van der Waals surface area contributed by atoms with E-state index < -0.39 is 5.54 Å². The SMILES string of the molecule is NC1(C(=O)NC2CC=CC2)CCOCC1. The van der Waals surface area contributed by atoms with Crippen molar-refractivity contribution >= 4 is 5.91 Å². The van der Waals surface area contributed by atoms with Crippen molar-refractivity contribution in [2.24, 2.45) is 5.73 Å². The van der Waals surface area contributed by atoms with Gasteiger partial charge in [0.15, 0.2) is 0 Å². The molecule has 0 radical (unpaired) electrons. The van der Waals surface area contributed by atoms with Crippen molar-refractivity contribution in [1.82, 2.24) is 5.32 Å². The van der Waals surface area contributed by atoms with Crippen molar-refractivity contribution < 1.29 is 9.53 Å². The summed E-state index contributed by atoms with van der Waals surface area (Å²) in [4.78, 5) is 12.0. The normalized spacial score (nSPS) is 25.4. The third kappa shape index (κ3) is 2.38. The number of rotatable bonds is 2. The largest absolute Gasteiger partial charge is 0.381 e. The van der Waals surface area contributed by atoms with E-state index in [0.29, 0.717) is 26.1 Å². The van der Waals surface area contributed by atoms with Crippen molar-refractivity contribution in [2.75, 3.05) is 13.2 Å². The quantitative estimate of drug-likeness (QED) is 0.645. The average molecular weight is 210 g/mol. The highest BCUT2D eigenvalue weighted by molar-refractivity contribution is 5.86. The summed E-state index contributed by atoms with van der Waals surface area (Å²) >= 11 is 0. The first kappa shape index (κ1) is 10.6. The summed E-state index contributed by atoms with van der Waals surface area (Å²) in [6, 6.07) is 0.251. The zero-order chi connectivity index (χ0) is 10.7. The lowest BCUT2D eigenvalue weighted by Gasteiger charge is -2.32. The summed E-state index contributed by atoms with van der Waals surface area (Å²) in [6.45, 7) is 1.18. The van der Waals surface area contributed by atoms with Gasteiger partial charge in [-0.2, -0.15) is 0 Å². The number of hydrogen-bond donors (Lipinski definition) is 2. The van der Waals surface area contributed by atoms with Crippen molar-refractivity contribution in [1.29, 1.82) is 0 Å². The second kappa shape index (κ2) is 4.33. The minimum Gasteiger partial charge on any atom is -0.381 e. The highest BCUT2D eigenvalue weighted by atomic mass is 16.5. The van der Waals surface area contributed by atoms with Crippen LogP contribution in [-0.2, 0) is 9.53 Å². The molecule has 1 aliphatic carbocycles. The molecule has 3 N–H and O–H groups in total. The standard InChI is InChI=1S/C11H18N2O2/c12-11(5-7-15-8-6-11)10(14)13-9-3-1-2-4-9/h1-2,9H,3-8,12H2,(H,13,14). The first-order chi connectivity index (χ1) is 7.21. The number of hydrogen-bond acceptors (Lipinski definition) is 3. The van der Waals surface area contributed by atoms with Crippen molar-refractivity contribution in [3.05, 3.63) is 12.2 Å². The van der Waals surface area contributed by atoms with E-state index in [1.165, 1.54) is 0 Å². The van der Waals surface area contributed by atoms with E-state index in [1.807, 2.05) is 0 Å². The molecule has 2 rings (SSSR count). The lowest BCUT2D eigenvalue weighted by molar-refractivity contribution is -0.130. The molecule has 1 heterocycles. The Kier molecular flexibility index (Phi) is 3.07. The molecule has 1 aliphatic heterocycles. The summed E-state index contributed by atoms with van der Waals surface area (Å²) in [5.74, 6) is -0.0144. The molecule has 0 spiro atoms. The topological polar surface area (TPSA) is 64.4 Å². The molecular weight excluding hydrogens is 192 g/mol. The van der Waals surface area contributed by atoms with Crippen molar-refractivity contribution in [3.8, 4) is 0 Å². The first-order valence-electron chi connectivity index (χ1n) is 5.53. The number of carbonyl (C=O) groups excluding carboxylic acids is 1. The van der Waals surface area contributed by atoms with Gasteiger partial charge in [-0.25, -0.2) is 0 Å². The molecule has 15 heavy (non-hydrogen) atoms. The molecule has 4 nitrogen and oxygen atoms in total. The molecule has 0 atom stereocenters. The van der Waals surface area contributed by atoms with Crippen LogP contribution in [0.2, 0.25) is 0 Å². The number of ether oxygens (including phenoxy) is 1. The third-order valence-electron chi connectivity index (χ3n) is 3.18. The molecule has 0 bridgehead atoms. The molecule has 1 saturated heterocycles. The average Bonchev–Trinajstić information content (AvgIpc) is 2.71. The predicted octanol–water partition coefficient (Wildman–Crippen LogP) is 0.329. The maximum atomic E-state index is 12.0. The van der Waals surface area contributed by atoms with E-state index in [0.717, 1.165) is 12.8 Å². The molecule has 0 aromatic heterocycles. The fourth-order valence-corrected chi connectivity index (χ4v) is 2.03. The molecule has 2 aliphatic rings. The van der Waals surface area contributed by atoms with E-state index in [-0.39, 0.29) is 11.9 Å². The zero-order valence-corrected chi connectivity index (χ0v) is 8.87. The minimum atomic E-state index is -0.707. The van der Waals surface area contributed by atoms with Gasteiger partial charge in [-0.3, -0.25) is 4.79 Å². The predicted molar refractivity (Wildman–Crippen MR) is 57.3 cm³/mol. The summed E-state index contributed by atoms with van der Waals surface area (Å²) in [5, 5.41) is 3.01. The van der Waals surface area contributed by atoms with Gasteiger partial charge in [-0.05, 0) is 25.7 Å². The molecule has 0 saturated carbocycles. The fourth-order valence-electron chi connectivity index (χ4n) is 2.03. The number of nitrogens with two attached hydrogens (primary N) is 1. The lowest BCUT2D eigenvalue weighted by atomic mass is 9.90. The van der Waals surface area contributed by atoms with Gasteiger partial charge >= 0.3 is 0 Å². The molecule has 4 heteroatoms. The second-order valence-corrected chi connectivity index (χ2v) is 4.38. The van der Waals surface area contributed by atoms with Gasteiger partial charge in [0, 0.05) is 19.3 Å². The van der Waals surface area contributed by atoms with Gasteiger partial charge in [0.05, 0.1) is 5.54 Å². The number of nitrogens with one attached hydrogen (secondary N) is 1. The van der Waals surface area contributed by atoms with Gasteiger partial charge in [0.2, 0.25) is 5.91 Å². The van der Waals surface area contributed by atoms with Crippen LogP contribution in [0.3, 0.4) is 0 Å². The van der Waals surface area contributed by atoms with Gasteiger partial charge < -0.3 is 15.8 Å². The van der Waals surface area contributed by atoms with Crippen LogP contribution >= 0.6 is 0 Å². The Morgan fingerprint density at radius 1 is 1.33 bits per heavy atom. The molecule has 1 fully saturated rings. The van der Waals surface area contributed by atoms with Crippen LogP contribution in [0.1, 0.15) is 25.7 Å². The zero-order valence-electron chi connectivity index (χ0n) is 8.87. The Balaban J connectivity index is 1.88. The van der Waals surface area contributed by atoms with Crippen LogP contribution < -0.4 is 11.1 Å². The Bertz CT molecular complexity index is 262. The third-order valence-corrected chi connectivity index (χ3v) is 3.18. The van der Waals surface area contributed by atoms with E-state index in [9.17, 15) is 4.79 Å². The summed E-state index contributed by atoms with van der Waals surface area (Å²) in [7, 11) is 0. The van der Waals surface area contributed by atoms with E-state index in [4.69, 9.17) is 10.5 Å². The summed E-state index contributed by atoms with van der Waals surface area (Å²) in [6.07, 6.45) is 7.30. The van der Waals surface area contributed by atoms with Gasteiger partial charge in [0.1, 0.15) is 0 Å². The maximum absolute atomic E-state index is 12.0. The lowest BCUT2D eigenvalue weighted by Crippen LogP contribution is -2.58. The number of carbonyl (C=O) groups is 1. The molecule has 0 unspecified atom stereocenters. The van der Waals surface area contributed by atoms with Gasteiger partial charge in [-0.1, -0.05) is 12.2 Å². The summed E-state index contributed by atoms with van der Waals surface area (Å²) in [5.41, 5.74) is 5.36. The van der Waals surface area contributed by atoms with Crippen LogP contribution in [0.5, 0.6) is 0 Å². The Morgan fingerprint density at radius 3 is 2.53 bits per heavy atom. The van der Waals surface area contributed by atoms with Gasteiger partial charge in [-0.15, -0.1) is 0 Å². The number of amides is 1. The molecule has 0 aromatic carbocycles. The van der Waals surface area contributed by atoms with Crippen molar-refractivity contribution in [2.45, 2.75) is 37.3 Å². The van der Waals surface area contributed by atoms with Crippen LogP contribution in [0.4, 0.5) is 0 Å². The Hall–Kier alpha value is -0.870. The van der Waals surface area contributed by atoms with E-state index in [2.05, 4.69) is 17.5 Å². The first-order valence-corrected chi connectivity index (χ1v) is 5.53. The summed E-state index contributed by atoms with van der Waals surface area (Å²) < 4.78 is 5.21. The molecule has 1 amide bonds. The highest BCUT2D eigenvalue weighted by Crippen LogP contribution is 2.19. The Morgan fingerprint density at radius 2 is 1.93 bits per heavy atom. The van der Waals surface area contributed by atoms with Crippen LogP contribution in [0, 0.1) is 0 Å². The Labute approximate surface area is 89.9 Å². The minimum absolute atomic E-state index is 0.0144. The van der Waals surface area contributed by atoms with Crippen LogP contribution in [0.25, 0.3) is 0 Å². The van der Waals surface area contributed by atoms with Crippen LogP contribution in [-0.4, -0.2) is 30.7 Å². The van der Waals surface area contributed by atoms with Gasteiger partial charge in [0.25, 0.3) is 0 Å². The monoisotopic (exact) mass is 210 g/mol. The van der Waals surface area contributed by atoms with Crippen LogP contribution in [0.15, 0.2) is 12.2 Å². The van der Waals surface area contributed by atoms with E-state index >= 15 is 0 Å². The molecular formula is C11H18N2O2. The smallest absolute Gasteiger partial charge is 0.240 e.